The number of halogens is 1. The fourth-order valence-electron chi connectivity index (χ4n) is 2.98. The van der Waals surface area contributed by atoms with Crippen LogP contribution in [0.4, 0.5) is 0 Å². The molecule has 2 N–H and O–H groups in total. The molecule has 6 heteroatoms. The van der Waals surface area contributed by atoms with Crippen LogP contribution in [0.2, 0.25) is 0 Å². The Morgan fingerprint density at radius 1 is 1.04 bits per heavy atom. The van der Waals surface area contributed by atoms with E-state index in [1.807, 2.05) is 36.4 Å². The van der Waals surface area contributed by atoms with Crippen molar-refractivity contribution in [1.82, 2.24) is 10.6 Å². The van der Waals surface area contributed by atoms with E-state index in [0.717, 1.165) is 15.6 Å². The van der Waals surface area contributed by atoms with E-state index >= 15 is 0 Å². The number of amides is 1. The number of thiocarbonyl (C=S) groups is 1. The van der Waals surface area contributed by atoms with Gasteiger partial charge in [0.1, 0.15) is 18.1 Å². The predicted octanol–water partition coefficient (Wildman–Crippen LogP) is 4.53. The number of benzene rings is 3. The van der Waals surface area contributed by atoms with Crippen molar-refractivity contribution in [3.05, 3.63) is 82.0 Å². The van der Waals surface area contributed by atoms with Gasteiger partial charge in [-0.15, -0.1) is 0 Å². The van der Waals surface area contributed by atoms with Crippen LogP contribution in [0.15, 0.2) is 70.8 Å². The average molecular weight is 439 g/mol. The molecule has 1 aliphatic rings. The lowest BCUT2D eigenvalue weighted by molar-refractivity contribution is -0.115. The van der Waals surface area contributed by atoms with Crippen molar-refractivity contribution in [3.8, 4) is 5.75 Å². The lowest BCUT2D eigenvalue weighted by Gasteiger charge is -2.12. The molecule has 0 atom stereocenters. The monoisotopic (exact) mass is 438 g/mol. The van der Waals surface area contributed by atoms with Crippen molar-refractivity contribution in [2.24, 2.45) is 0 Å². The van der Waals surface area contributed by atoms with E-state index in [0.29, 0.717) is 23.2 Å². The number of rotatable bonds is 4. The molecule has 0 saturated carbocycles. The number of ether oxygens (including phenoxy) is 1. The molecule has 0 aromatic heterocycles. The van der Waals surface area contributed by atoms with E-state index in [1.165, 1.54) is 10.8 Å². The molecule has 3 aromatic rings. The smallest absolute Gasteiger partial charge is 0.273 e. The average Bonchev–Trinajstić information content (AvgIpc) is 2.98. The number of nitrogens with one attached hydrogen (secondary N) is 2. The molecular weight excluding hydrogens is 424 g/mol. The van der Waals surface area contributed by atoms with Gasteiger partial charge >= 0.3 is 0 Å². The maximum Gasteiger partial charge on any atom is 0.273 e. The fraction of sp³-hybridized carbons (Fsp3) is 0.0476. The minimum absolute atomic E-state index is 0.250. The van der Waals surface area contributed by atoms with Crippen LogP contribution in [-0.2, 0) is 11.4 Å². The third-order valence-corrected chi connectivity index (χ3v) is 4.95. The third kappa shape index (κ3) is 3.86. The summed E-state index contributed by atoms with van der Waals surface area (Å²) in [7, 11) is 0. The Kier molecular flexibility index (Phi) is 4.92. The predicted molar refractivity (Wildman–Crippen MR) is 114 cm³/mol. The van der Waals surface area contributed by atoms with Gasteiger partial charge < -0.3 is 10.1 Å². The molecule has 134 valence electrons. The van der Waals surface area contributed by atoms with Crippen LogP contribution >= 0.6 is 28.1 Å². The van der Waals surface area contributed by atoms with Gasteiger partial charge in [0.15, 0.2) is 5.11 Å². The lowest BCUT2D eigenvalue weighted by atomic mass is 10.1. The molecule has 1 amide bonds. The van der Waals surface area contributed by atoms with Crippen molar-refractivity contribution in [2.45, 2.75) is 6.61 Å². The molecule has 1 aliphatic heterocycles. The van der Waals surface area contributed by atoms with E-state index in [-0.39, 0.29) is 5.91 Å². The summed E-state index contributed by atoms with van der Waals surface area (Å²) in [6.45, 7) is 0.428. The Labute approximate surface area is 170 Å². The Hall–Kier alpha value is -2.70. The van der Waals surface area contributed by atoms with Crippen LogP contribution in [-0.4, -0.2) is 11.0 Å². The molecule has 0 bridgehead atoms. The zero-order valence-corrected chi connectivity index (χ0v) is 16.6. The van der Waals surface area contributed by atoms with E-state index in [2.05, 4.69) is 50.8 Å². The zero-order valence-electron chi connectivity index (χ0n) is 14.2. The first-order valence-electron chi connectivity index (χ1n) is 8.33. The van der Waals surface area contributed by atoms with Gasteiger partial charge in [-0.25, -0.2) is 0 Å². The molecular formula is C21H15BrN2O2S. The summed E-state index contributed by atoms with van der Waals surface area (Å²) < 4.78 is 7.00. The molecule has 27 heavy (non-hydrogen) atoms. The summed E-state index contributed by atoms with van der Waals surface area (Å²) in [6, 6.07) is 20.1. The van der Waals surface area contributed by atoms with Crippen LogP contribution in [0.1, 0.15) is 11.1 Å². The summed E-state index contributed by atoms with van der Waals surface area (Å²) in [5, 5.41) is 8.07. The summed E-state index contributed by atoms with van der Waals surface area (Å²) in [4.78, 5) is 11.9. The van der Waals surface area contributed by atoms with Crippen molar-refractivity contribution in [2.75, 3.05) is 0 Å². The Morgan fingerprint density at radius 3 is 2.67 bits per heavy atom. The van der Waals surface area contributed by atoms with Crippen LogP contribution in [0.5, 0.6) is 5.75 Å². The second-order valence-electron chi connectivity index (χ2n) is 6.08. The Morgan fingerprint density at radius 2 is 1.85 bits per heavy atom. The Bertz CT molecular complexity index is 1090. The van der Waals surface area contributed by atoms with Gasteiger partial charge in [-0.1, -0.05) is 58.4 Å². The standard InChI is InChI=1S/C21H15BrN2O2S/c22-16-8-9-19(15(10-16)11-18-20(25)24-21(27)23-18)26-12-14-6-3-5-13-4-1-2-7-17(13)14/h1-11H,12H2,(H2,23,24,25,27)/b18-11-. The number of carbonyl (C=O) groups excluding carboxylic acids is 1. The minimum Gasteiger partial charge on any atom is -0.488 e. The number of hydrogen-bond donors (Lipinski definition) is 2. The van der Waals surface area contributed by atoms with Crippen LogP contribution in [0, 0.1) is 0 Å². The first kappa shape index (κ1) is 17.7. The Balaban J connectivity index is 1.64. The summed E-state index contributed by atoms with van der Waals surface area (Å²) in [5.74, 6) is 0.436. The van der Waals surface area contributed by atoms with Crippen molar-refractivity contribution >= 4 is 56.0 Å². The third-order valence-electron chi connectivity index (χ3n) is 4.25. The van der Waals surface area contributed by atoms with E-state index in [1.54, 1.807) is 6.08 Å². The SMILES string of the molecule is O=C1NC(=S)N/C1=C\c1cc(Br)ccc1OCc1cccc2ccccc12. The normalized spacial score (nSPS) is 15.1. The first-order chi connectivity index (χ1) is 13.1. The highest BCUT2D eigenvalue weighted by Crippen LogP contribution is 2.27. The van der Waals surface area contributed by atoms with Gasteiger partial charge in [0, 0.05) is 10.0 Å². The molecule has 4 rings (SSSR count). The quantitative estimate of drug-likeness (QED) is 0.464. The first-order valence-corrected chi connectivity index (χ1v) is 9.53. The zero-order chi connectivity index (χ0) is 18.8. The maximum absolute atomic E-state index is 11.9. The van der Waals surface area contributed by atoms with Crippen LogP contribution in [0.3, 0.4) is 0 Å². The largest absolute Gasteiger partial charge is 0.488 e. The van der Waals surface area contributed by atoms with E-state index in [9.17, 15) is 4.79 Å². The highest BCUT2D eigenvalue weighted by molar-refractivity contribution is 9.10. The highest BCUT2D eigenvalue weighted by Gasteiger charge is 2.20. The van der Waals surface area contributed by atoms with Gasteiger partial charge in [0.25, 0.3) is 5.91 Å². The molecule has 3 aromatic carbocycles. The molecule has 4 nitrogen and oxygen atoms in total. The highest BCUT2D eigenvalue weighted by atomic mass is 79.9. The van der Waals surface area contributed by atoms with Gasteiger partial charge in [0.05, 0.1) is 0 Å². The molecule has 0 aliphatic carbocycles. The minimum atomic E-state index is -0.250. The van der Waals surface area contributed by atoms with E-state index < -0.39 is 0 Å². The summed E-state index contributed by atoms with van der Waals surface area (Å²) >= 11 is 8.45. The van der Waals surface area contributed by atoms with Crippen LogP contribution < -0.4 is 15.4 Å². The van der Waals surface area contributed by atoms with Gasteiger partial charge in [-0.3, -0.25) is 10.1 Å². The molecule has 0 spiro atoms. The maximum atomic E-state index is 11.9. The van der Waals surface area contributed by atoms with Crippen LogP contribution in [0.25, 0.3) is 16.8 Å². The van der Waals surface area contributed by atoms with Crippen molar-refractivity contribution < 1.29 is 9.53 Å². The van der Waals surface area contributed by atoms with Gasteiger partial charge in [0.2, 0.25) is 0 Å². The van der Waals surface area contributed by atoms with Crippen molar-refractivity contribution in [3.63, 3.8) is 0 Å². The molecule has 1 heterocycles. The topological polar surface area (TPSA) is 50.4 Å². The van der Waals surface area contributed by atoms with Crippen molar-refractivity contribution in [1.29, 1.82) is 0 Å². The summed E-state index contributed by atoms with van der Waals surface area (Å²) in [5.41, 5.74) is 2.28. The number of fused-ring (bicyclic) bond motifs is 1. The summed E-state index contributed by atoms with van der Waals surface area (Å²) in [6.07, 6.45) is 1.73. The molecule has 1 fully saturated rings. The van der Waals surface area contributed by atoms with Gasteiger partial charge in [-0.2, -0.15) is 0 Å². The fourth-order valence-corrected chi connectivity index (χ4v) is 3.56. The number of hydrogen-bond acceptors (Lipinski definition) is 3. The molecule has 0 radical (unpaired) electrons. The van der Waals surface area contributed by atoms with E-state index in [4.69, 9.17) is 17.0 Å². The van der Waals surface area contributed by atoms with Gasteiger partial charge in [-0.05, 0) is 52.8 Å². The molecule has 1 saturated heterocycles. The second kappa shape index (κ2) is 7.50. The lowest BCUT2D eigenvalue weighted by Crippen LogP contribution is -2.21. The number of carbonyl (C=O) groups is 1. The second-order valence-corrected chi connectivity index (χ2v) is 7.40. The molecule has 0 unspecified atom stereocenters.